The van der Waals surface area contributed by atoms with E-state index in [0.29, 0.717) is 26.4 Å². The Morgan fingerprint density at radius 2 is 1.87 bits per heavy atom. The number of carbonyl (C=O) groups is 1. The van der Waals surface area contributed by atoms with E-state index in [0.717, 1.165) is 19.4 Å². The van der Waals surface area contributed by atoms with Crippen molar-refractivity contribution in [2.75, 3.05) is 40.0 Å². The Hall–Kier alpha value is -0.810. The number of hydrogen-bond donors (Lipinski definition) is 2. The average molecular weight is 218 g/mol. The fourth-order valence-corrected chi connectivity index (χ4v) is 0.922. The summed E-state index contributed by atoms with van der Waals surface area (Å²) in [4.78, 5) is 11.1. The van der Waals surface area contributed by atoms with Crippen LogP contribution in [0.2, 0.25) is 0 Å². The molecular weight excluding hydrogens is 196 g/mol. The highest BCUT2D eigenvalue weighted by atomic mass is 16.5. The van der Waals surface area contributed by atoms with Gasteiger partial charge < -0.3 is 20.1 Å². The number of unbranched alkanes of at least 4 members (excludes halogenated alkanes) is 1. The minimum atomic E-state index is -0.126. The van der Waals surface area contributed by atoms with Crippen LogP contribution in [0.1, 0.15) is 19.8 Å². The molecule has 0 saturated heterocycles. The second-order valence-electron chi connectivity index (χ2n) is 3.14. The number of hydrogen-bond acceptors (Lipinski definition) is 3. The lowest BCUT2D eigenvalue weighted by molar-refractivity contribution is 0.0726. The van der Waals surface area contributed by atoms with E-state index in [-0.39, 0.29) is 6.03 Å². The maximum atomic E-state index is 11.1. The van der Waals surface area contributed by atoms with Gasteiger partial charge in [-0.1, -0.05) is 13.3 Å². The summed E-state index contributed by atoms with van der Waals surface area (Å²) in [5, 5.41) is 5.46. The fourth-order valence-electron chi connectivity index (χ4n) is 0.922. The van der Waals surface area contributed by atoms with Crippen LogP contribution in [0.15, 0.2) is 0 Å². The number of urea groups is 1. The average Bonchev–Trinajstić information content (AvgIpc) is 2.23. The third-order valence-corrected chi connectivity index (χ3v) is 1.78. The van der Waals surface area contributed by atoms with Gasteiger partial charge in [0.25, 0.3) is 0 Å². The monoisotopic (exact) mass is 218 g/mol. The maximum absolute atomic E-state index is 11.1. The highest BCUT2D eigenvalue weighted by molar-refractivity contribution is 5.73. The van der Waals surface area contributed by atoms with Crippen LogP contribution in [-0.2, 0) is 9.47 Å². The smallest absolute Gasteiger partial charge is 0.314 e. The highest BCUT2D eigenvalue weighted by Crippen LogP contribution is 1.82. The van der Waals surface area contributed by atoms with Crippen LogP contribution >= 0.6 is 0 Å². The Kier molecular flexibility index (Phi) is 10.7. The molecule has 15 heavy (non-hydrogen) atoms. The van der Waals surface area contributed by atoms with Crippen molar-refractivity contribution in [1.82, 2.24) is 10.6 Å². The zero-order valence-corrected chi connectivity index (χ0v) is 9.67. The molecule has 0 radical (unpaired) electrons. The van der Waals surface area contributed by atoms with E-state index in [1.165, 1.54) is 0 Å². The van der Waals surface area contributed by atoms with E-state index < -0.39 is 0 Å². The molecule has 0 unspecified atom stereocenters. The van der Waals surface area contributed by atoms with E-state index in [9.17, 15) is 4.79 Å². The van der Waals surface area contributed by atoms with Gasteiger partial charge in [-0.05, 0) is 6.42 Å². The molecule has 5 nitrogen and oxygen atoms in total. The topological polar surface area (TPSA) is 59.6 Å². The van der Waals surface area contributed by atoms with E-state index in [4.69, 9.17) is 9.47 Å². The van der Waals surface area contributed by atoms with Gasteiger partial charge in [-0.2, -0.15) is 0 Å². The highest BCUT2D eigenvalue weighted by Gasteiger charge is 1.97. The molecule has 0 aliphatic heterocycles. The van der Waals surface area contributed by atoms with Crippen molar-refractivity contribution in [2.24, 2.45) is 0 Å². The molecule has 0 aromatic rings. The summed E-state index contributed by atoms with van der Waals surface area (Å²) < 4.78 is 9.99. The Morgan fingerprint density at radius 3 is 2.53 bits per heavy atom. The van der Waals surface area contributed by atoms with E-state index >= 15 is 0 Å². The lowest BCUT2D eigenvalue weighted by Crippen LogP contribution is -2.37. The van der Waals surface area contributed by atoms with Crippen LogP contribution in [0, 0.1) is 0 Å². The molecule has 0 aliphatic rings. The van der Waals surface area contributed by atoms with Gasteiger partial charge in [0.05, 0.1) is 19.8 Å². The first-order valence-corrected chi connectivity index (χ1v) is 5.39. The number of nitrogens with one attached hydrogen (secondary N) is 2. The minimum Gasteiger partial charge on any atom is -0.382 e. The van der Waals surface area contributed by atoms with Crippen molar-refractivity contribution in [2.45, 2.75) is 19.8 Å². The van der Waals surface area contributed by atoms with E-state index in [2.05, 4.69) is 17.6 Å². The van der Waals surface area contributed by atoms with Gasteiger partial charge in [-0.3, -0.25) is 0 Å². The Balaban J connectivity index is 3.10. The minimum absolute atomic E-state index is 0.126. The largest absolute Gasteiger partial charge is 0.382 e. The Morgan fingerprint density at radius 1 is 1.13 bits per heavy atom. The third-order valence-electron chi connectivity index (χ3n) is 1.78. The number of methoxy groups -OCH3 is 1. The fraction of sp³-hybridized carbons (Fsp3) is 0.900. The van der Waals surface area contributed by atoms with Crippen molar-refractivity contribution in [3.05, 3.63) is 0 Å². The van der Waals surface area contributed by atoms with Crippen LogP contribution in [-0.4, -0.2) is 46.1 Å². The van der Waals surface area contributed by atoms with Gasteiger partial charge in [0.1, 0.15) is 0 Å². The molecule has 0 bridgehead atoms. The van der Waals surface area contributed by atoms with E-state index in [1.54, 1.807) is 7.11 Å². The number of ether oxygens (including phenoxy) is 2. The zero-order valence-electron chi connectivity index (χ0n) is 9.67. The lowest BCUT2D eigenvalue weighted by atomic mass is 10.3. The lowest BCUT2D eigenvalue weighted by Gasteiger charge is -2.07. The normalized spacial score (nSPS) is 10.0. The Bertz CT molecular complexity index is 154. The summed E-state index contributed by atoms with van der Waals surface area (Å²) in [6, 6.07) is -0.126. The summed E-state index contributed by atoms with van der Waals surface area (Å²) in [6.45, 7) is 5.01. The van der Waals surface area contributed by atoms with Crippen LogP contribution in [0.5, 0.6) is 0 Å². The molecule has 0 aromatic carbocycles. The third kappa shape index (κ3) is 11.1. The van der Waals surface area contributed by atoms with E-state index in [1.807, 2.05) is 0 Å². The molecule has 5 heteroatoms. The molecule has 90 valence electrons. The van der Waals surface area contributed by atoms with Gasteiger partial charge in [0.15, 0.2) is 0 Å². The first-order valence-electron chi connectivity index (χ1n) is 5.39. The number of rotatable bonds is 9. The first kappa shape index (κ1) is 14.2. The van der Waals surface area contributed by atoms with Gasteiger partial charge in [0, 0.05) is 20.2 Å². The van der Waals surface area contributed by atoms with Crippen molar-refractivity contribution >= 4 is 6.03 Å². The summed E-state index contributed by atoms with van der Waals surface area (Å²) >= 11 is 0. The number of amides is 2. The molecule has 2 N–H and O–H groups in total. The Labute approximate surface area is 91.5 Å². The molecule has 2 amide bonds. The van der Waals surface area contributed by atoms with Gasteiger partial charge in [0.2, 0.25) is 0 Å². The van der Waals surface area contributed by atoms with Crippen molar-refractivity contribution in [3.63, 3.8) is 0 Å². The quantitative estimate of drug-likeness (QED) is 0.561. The van der Waals surface area contributed by atoms with Crippen molar-refractivity contribution < 1.29 is 14.3 Å². The summed E-state index contributed by atoms with van der Waals surface area (Å²) in [7, 11) is 1.63. The molecular formula is C10H22N2O3. The first-order chi connectivity index (χ1) is 7.31. The van der Waals surface area contributed by atoms with Crippen molar-refractivity contribution in [3.8, 4) is 0 Å². The molecule has 0 saturated carbocycles. The summed E-state index contributed by atoms with van der Waals surface area (Å²) in [5.41, 5.74) is 0. The summed E-state index contributed by atoms with van der Waals surface area (Å²) in [6.07, 6.45) is 2.10. The molecule has 0 rings (SSSR count). The van der Waals surface area contributed by atoms with Crippen LogP contribution in [0.3, 0.4) is 0 Å². The summed E-state index contributed by atoms with van der Waals surface area (Å²) in [5.74, 6) is 0. The molecule has 0 aliphatic carbocycles. The molecule has 0 atom stereocenters. The van der Waals surface area contributed by atoms with Crippen molar-refractivity contribution in [1.29, 1.82) is 0 Å². The molecule has 0 heterocycles. The molecule has 0 fully saturated rings. The predicted octanol–water partition coefficient (Wildman–Crippen LogP) is 0.749. The maximum Gasteiger partial charge on any atom is 0.314 e. The second kappa shape index (κ2) is 11.3. The second-order valence-corrected chi connectivity index (χ2v) is 3.14. The standard InChI is InChI=1S/C10H22N2O3/c1-3-4-5-11-10(13)12-6-7-15-9-8-14-2/h3-9H2,1-2H3,(H2,11,12,13). The molecule has 0 spiro atoms. The SMILES string of the molecule is CCCCNC(=O)NCCOCCOC. The van der Waals surface area contributed by atoms with Gasteiger partial charge >= 0.3 is 6.03 Å². The van der Waals surface area contributed by atoms with Crippen LogP contribution < -0.4 is 10.6 Å². The predicted molar refractivity (Wildman–Crippen MR) is 59.0 cm³/mol. The van der Waals surface area contributed by atoms with Gasteiger partial charge in [-0.25, -0.2) is 4.79 Å². The van der Waals surface area contributed by atoms with Gasteiger partial charge in [-0.15, -0.1) is 0 Å². The van der Waals surface area contributed by atoms with Crippen LogP contribution in [0.4, 0.5) is 4.79 Å². The van der Waals surface area contributed by atoms with Crippen LogP contribution in [0.25, 0.3) is 0 Å². The molecule has 0 aromatic heterocycles. The zero-order chi connectivity index (χ0) is 11.4. The number of carbonyl (C=O) groups excluding carboxylic acids is 1.